The van der Waals surface area contributed by atoms with Gasteiger partial charge in [-0.15, -0.1) is 0 Å². The van der Waals surface area contributed by atoms with Gasteiger partial charge in [-0.25, -0.2) is 9.97 Å². The maximum Gasteiger partial charge on any atom is 0.213 e. The van der Waals surface area contributed by atoms with Gasteiger partial charge >= 0.3 is 0 Å². The zero-order valence-corrected chi connectivity index (χ0v) is 11.1. The Kier molecular flexibility index (Phi) is 2.63. The molecular weight excluding hydrogens is 297 g/mol. The minimum Gasteiger partial charge on any atom is -0.326 e. The molecule has 0 bridgehead atoms. The van der Waals surface area contributed by atoms with Crippen molar-refractivity contribution in [3.05, 3.63) is 46.8 Å². The van der Waals surface area contributed by atoms with Crippen molar-refractivity contribution in [3.63, 3.8) is 0 Å². The lowest BCUT2D eigenvalue weighted by molar-refractivity contribution is 0.584. The number of pyridine rings is 1. The molecule has 3 rings (SSSR count). The van der Waals surface area contributed by atoms with Gasteiger partial charge in [0.2, 0.25) is 5.95 Å². The van der Waals surface area contributed by atoms with E-state index in [1.54, 1.807) is 12.1 Å². The van der Waals surface area contributed by atoms with Gasteiger partial charge < -0.3 is 4.57 Å². The van der Waals surface area contributed by atoms with Crippen LogP contribution in [-0.4, -0.2) is 14.5 Å². The zero-order chi connectivity index (χ0) is 12.7. The van der Waals surface area contributed by atoms with Crippen molar-refractivity contribution < 1.29 is 4.39 Å². The number of rotatable bonds is 1. The Labute approximate surface area is 111 Å². The predicted molar refractivity (Wildman–Crippen MR) is 71.6 cm³/mol. The predicted octanol–water partition coefficient (Wildman–Crippen LogP) is 3.54. The largest absolute Gasteiger partial charge is 0.326 e. The molecule has 0 amide bonds. The van der Waals surface area contributed by atoms with Crippen LogP contribution < -0.4 is 0 Å². The molecule has 2 heterocycles. The maximum absolute atomic E-state index is 13.1. The van der Waals surface area contributed by atoms with Crippen molar-refractivity contribution in [2.24, 2.45) is 7.05 Å². The fourth-order valence-corrected chi connectivity index (χ4v) is 2.27. The summed E-state index contributed by atoms with van der Waals surface area (Å²) in [5.74, 6) is 0.156. The number of aromatic nitrogens is 3. The van der Waals surface area contributed by atoms with Gasteiger partial charge in [0.1, 0.15) is 5.69 Å². The van der Waals surface area contributed by atoms with Crippen LogP contribution in [0.25, 0.3) is 22.6 Å². The molecule has 0 N–H and O–H groups in total. The number of hydrogen-bond donors (Lipinski definition) is 0. The van der Waals surface area contributed by atoms with Gasteiger partial charge in [-0.2, -0.15) is 4.39 Å². The average molecular weight is 306 g/mol. The first-order valence-electron chi connectivity index (χ1n) is 5.40. The Hall–Kier alpha value is -1.75. The summed E-state index contributed by atoms with van der Waals surface area (Å²) in [4.78, 5) is 8.34. The van der Waals surface area contributed by atoms with E-state index in [4.69, 9.17) is 0 Å². The van der Waals surface area contributed by atoms with Crippen molar-refractivity contribution in [1.82, 2.24) is 14.5 Å². The van der Waals surface area contributed by atoms with Crippen molar-refractivity contribution in [3.8, 4) is 11.5 Å². The van der Waals surface area contributed by atoms with Gasteiger partial charge in [0, 0.05) is 11.5 Å². The van der Waals surface area contributed by atoms with E-state index in [9.17, 15) is 4.39 Å². The van der Waals surface area contributed by atoms with Crippen molar-refractivity contribution in [1.29, 1.82) is 0 Å². The third kappa shape index (κ3) is 1.80. The summed E-state index contributed by atoms with van der Waals surface area (Å²) in [7, 11) is 1.89. The summed E-state index contributed by atoms with van der Waals surface area (Å²) in [5, 5.41) is 0. The van der Waals surface area contributed by atoms with Crippen LogP contribution in [0.4, 0.5) is 4.39 Å². The molecule has 90 valence electrons. The first-order chi connectivity index (χ1) is 8.65. The highest BCUT2D eigenvalue weighted by molar-refractivity contribution is 9.10. The van der Waals surface area contributed by atoms with Crippen LogP contribution in [0.2, 0.25) is 0 Å². The summed E-state index contributed by atoms with van der Waals surface area (Å²) >= 11 is 3.43. The number of aryl methyl sites for hydroxylation is 1. The van der Waals surface area contributed by atoms with E-state index in [2.05, 4.69) is 25.9 Å². The summed E-state index contributed by atoms with van der Waals surface area (Å²) in [6.45, 7) is 0. The average Bonchev–Trinajstić information content (AvgIpc) is 2.67. The molecule has 0 radical (unpaired) electrons. The van der Waals surface area contributed by atoms with E-state index < -0.39 is 5.95 Å². The van der Waals surface area contributed by atoms with Crippen LogP contribution in [0.15, 0.2) is 40.9 Å². The Morgan fingerprint density at radius 2 is 2.00 bits per heavy atom. The topological polar surface area (TPSA) is 30.7 Å². The minimum absolute atomic E-state index is 0.499. The molecule has 0 aliphatic rings. The number of fused-ring (bicyclic) bond motifs is 1. The number of imidazole rings is 1. The standard InChI is InChI=1S/C13H9BrFN3/c1-18-11-7-8(14)5-6-9(11)17-13(18)10-3-2-4-12(15)16-10/h2-7H,1H3. The molecule has 3 nitrogen and oxygen atoms in total. The summed E-state index contributed by atoms with van der Waals surface area (Å²) < 4.78 is 16.0. The van der Waals surface area contributed by atoms with Crippen LogP contribution in [0.5, 0.6) is 0 Å². The number of halogens is 2. The molecule has 18 heavy (non-hydrogen) atoms. The smallest absolute Gasteiger partial charge is 0.213 e. The lowest BCUT2D eigenvalue weighted by atomic mass is 10.3. The Balaban J connectivity index is 2.27. The van der Waals surface area contributed by atoms with Crippen LogP contribution in [-0.2, 0) is 7.05 Å². The molecule has 0 spiro atoms. The molecule has 3 aromatic rings. The normalized spacial score (nSPS) is 11.1. The molecular formula is C13H9BrFN3. The number of hydrogen-bond acceptors (Lipinski definition) is 2. The quantitative estimate of drug-likeness (QED) is 0.644. The van der Waals surface area contributed by atoms with E-state index in [1.807, 2.05) is 29.8 Å². The highest BCUT2D eigenvalue weighted by Crippen LogP contribution is 2.24. The highest BCUT2D eigenvalue weighted by atomic mass is 79.9. The number of benzene rings is 1. The van der Waals surface area contributed by atoms with Gasteiger partial charge in [-0.05, 0) is 30.3 Å². The fourth-order valence-electron chi connectivity index (χ4n) is 1.92. The monoisotopic (exact) mass is 305 g/mol. The Morgan fingerprint density at radius 1 is 1.17 bits per heavy atom. The zero-order valence-electron chi connectivity index (χ0n) is 9.56. The van der Waals surface area contributed by atoms with E-state index >= 15 is 0 Å². The van der Waals surface area contributed by atoms with E-state index in [-0.39, 0.29) is 0 Å². The second-order valence-corrected chi connectivity index (χ2v) is 4.89. The van der Waals surface area contributed by atoms with Gasteiger partial charge in [0.05, 0.1) is 11.0 Å². The number of nitrogens with zero attached hydrogens (tertiary/aromatic N) is 3. The maximum atomic E-state index is 13.1. The van der Waals surface area contributed by atoms with E-state index in [0.717, 1.165) is 15.5 Å². The lowest BCUT2D eigenvalue weighted by Gasteiger charge is -2.01. The summed E-state index contributed by atoms with van der Waals surface area (Å²) in [6, 6.07) is 10.5. The third-order valence-corrected chi connectivity index (χ3v) is 3.28. The molecule has 0 saturated carbocycles. The van der Waals surface area contributed by atoms with E-state index in [0.29, 0.717) is 11.5 Å². The fraction of sp³-hybridized carbons (Fsp3) is 0.0769. The SMILES string of the molecule is Cn1c(-c2cccc(F)n2)nc2ccc(Br)cc21. The molecule has 0 saturated heterocycles. The first-order valence-corrected chi connectivity index (χ1v) is 6.19. The van der Waals surface area contributed by atoms with Crippen LogP contribution >= 0.6 is 15.9 Å². The minimum atomic E-state index is -0.499. The van der Waals surface area contributed by atoms with Gasteiger partial charge in [-0.3, -0.25) is 0 Å². The molecule has 2 aromatic heterocycles. The molecule has 0 atom stereocenters. The van der Waals surface area contributed by atoms with Gasteiger partial charge in [-0.1, -0.05) is 22.0 Å². The third-order valence-electron chi connectivity index (χ3n) is 2.79. The molecule has 0 fully saturated rings. The second kappa shape index (κ2) is 4.17. The van der Waals surface area contributed by atoms with Gasteiger partial charge in [0.25, 0.3) is 0 Å². The summed E-state index contributed by atoms with van der Waals surface area (Å²) in [6.07, 6.45) is 0. The van der Waals surface area contributed by atoms with Crippen LogP contribution in [0, 0.1) is 5.95 Å². The van der Waals surface area contributed by atoms with Crippen molar-refractivity contribution in [2.45, 2.75) is 0 Å². The van der Waals surface area contributed by atoms with Crippen LogP contribution in [0.1, 0.15) is 0 Å². The van der Waals surface area contributed by atoms with Gasteiger partial charge in [0.15, 0.2) is 5.82 Å². The molecule has 0 unspecified atom stereocenters. The summed E-state index contributed by atoms with van der Waals surface area (Å²) in [5.41, 5.74) is 2.37. The van der Waals surface area contributed by atoms with E-state index in [1.165, 1.54) is 6.07 Å². The van der Waals surface area contributed by atoms with Crippen molar-refractivity contribution >= 4 is 27.0 Å². The molecule has 5 heteroatoms. The second-order valence-electron chi connectivity index (χ2n) is 3.97. The van der Waals surface area contributed by atoms with Crippen LogP contribution in [0.3, 0.4) is 0 Å². The Bertz CT molecular complexity index is 736. The lowest BCUT2D eigenvalue weighted by Crippen LogP contribution is -1.95. The van der Waals surface area contributed by atoms with Crippen molar-refractivity contribution in [2.75, 3.05) is 0 Å². The first kappa shape index (κ1) is 11.3. The molecule has 0 aliphatic heterocycles. The molecule has 1 aromatic carbocycles. The Morgan fingerprint density at radius 3 is 2.78 bits per heavy atom. The molecule has 0 aliphatic carbocycles. The highest BCUT2D eigenvalue weighted by Gasteiger charge is 2.11.